The van der Waals surface area contributed by atoms with Crippen molar-refractivity contribution in [3.8, 4) is 0 Å². The third-order valence-corrected chi connectivity index (χ3v) is 4.54. The third-order valence-electron chi connectivity index (χ3n) is 4.54. The SMILES string of the molecule is CC1CN(CC2(C(=O)O)CCCCCC2)CC(C)O1. The number of nitrogens with zero attached hydrogens (tertiary/aromatic N) is 1. The van der Waals surface area contributed by atoms with Gasteiger partial charge in [-0.25, -0.2) is 0 Å². The monoisotopic (exact) mass is 269 g/mol. The summed E-state index contributed by atoms with van der Waals surface area (Å²) in [6, 6.07) is 0. The van der Waals surface area contributed by atoms with Gasteiger partial charge >= 0.3 is 5.97 Å². The Hall–Kier alpha value is -0.610. The lowest BCUT2D eigenvalue weighted by Crippen LogP contribution is -2.51. The summed E-state index contributed by atoms with van der Waals surface area (Å²) in [7, 11) is 0. The molecule has 0 radical (unpaired) electrons. The molecule has 2 aliphatic rings. The summed E-state index contributed by atoms with van der Waals surface area (Å²) < 4.78 is 5.73. The minimum Gasteiger partial charge on any atom is -0.481 e. The second kappa shape index (κ2) is 6.23. The van der Waals surface area contributed by atoms with Crippen LogP contribution in [0.25, 0.3) is 0 Å². The highest BCUT2D eigenvalue weighted by molar-refractivity contribution is 5.75. The van der Waals surface area contributed by atoms with Crippen LogP contribution in [0.1, 0.15) is 52.4 Å². The molecule has 0 aromatic rings. The number of carboxylic acid groups (broad SMARTS) is 1. The van der Waals surface area contributed by atoms with Crippen molar-refractivity contribution in [1.29, 1.82) is 0 Å². The molecular formula is C15H27NO3. The molecule has 0 spiro atoms. The molecule has 1 N–H and O–H groups in total. The minimum absolute atomic E-state index is 0.209. The van der Waals surface area contributed by atoms with Crippen molar-refractivity contribution in [2.45, 2.75) is 64.6 Å². The van der Waals surface area contributed by atoms with Gasteiger partial charge < -0.3 is 9.84 Å². The van der Waals surface area contributed by atoms with Gasteiger partial charge in [0.15, 0.2) is 0 Å². The van der Waals surface area contributed by atoms with Crippen LogP contribution in [0, 0.1) is 5.41 Å². The Balaban J connectivity index is 2.05. The van der Waals surface area contributed by atoms with E-state index in [1.54, 1.807) is 0 Å². The zero-order chi connectivity index (χ0) is 13.9. The first kappa shape index (κ1) is 14.8. The Bertz CT molecular complexity index is 301. The molecule has 1 aliphatic heterocycles. The fourth-order valence-electron chi connectivity index (χ4n) is 3.69. The number of morpholine rings is 1. The topological polar surface area (TPSA) is 49.8 Å². The van der Waals surface area contributed by atoms with E-state index in [2.05, 4.69) is 18.7 Å². The lowest BCUT2D eigenvalue weighted by atomic mass is 9.79. The lowest BCUT2D eigenvalue weighted by molar-refractivity contribution is -0.153. The highest BCUT2D eigenvalue weighted by Crippen LogP contribution is 2.36. The normalized spacial score (nSPS) is 32.7. The molecule has 0 bridgehead atoms. The van der Waals surface area contributed by atoms with Gasteiger partial charge in [0.2, 0.25) is 0 Å². The first-order valence-electron chi connectivity index (χ1n) is 7.63. The lowest BCUT2D eigenvalue weighted by Gasteiger charge is -2.40. The van der Waals surface area contributed by atoms with E-state index in [4.69, 9.17) is 4.74 Å². The molecule has 110 valence electrons. The molecule has 2 atom stereocenters. The fraction of sp³-hybridized carbons (Fsp3) is 0.933. The summed E-state index contributed by atoms with van der Waals surface area (Å²) in [5, 5.41) is 9.72. The molecular weight excluding hydrogens is 242 g/mol. The molecule has 2 unspecified atom stereocenters. The minimum atomic E-state index is -0.596. The maximum atomic E-state index is 11.8. The van der Waals surface area contributed by atoms with Crippen molar-refractivity contribution >= 4 is 5.97 Å². The van der Waals surface area contributed by atoms with Gasteiger partial charge in [0.05, 0.1) is 17.6 Å². The van der Waals surface area contributed by atoms with Crippen molar-refractivity contribution in [3.05, 3.63) is 0 Å². The number of carboxylic acids is 1. The molecule has 2 fully saturated rings. The molecule has 1 saturated carbocycles. The van der Waals surface area contributed by atoms with Gasteiger partial charge in [0.25, 0.3) is 0 Å². The summed E-state index contributed by atoms with van der Waals surface area (Å²) in [6.45, 7) is 6.56. The van der Waals surface area contributed by atoms with Crippen LogP contribution in [0.15, 0.2) is 0 Å². The van der Waals surface area contributed by atoms with Gasteiger partial charge in [-0.2, -0.15) is 0 Å². The average Bonchev–Trinajstić information content (AvgIpc) is 2.54. The maximum absolute atomic E-state index is 11.8. The average molecular weight is 269 g/mol. The van der Waals surface area contributed by atoms with Crippen LogP contribution in [0.5, 0.6) is 0 Å². The van der Waals surface area contributed by atoms with E-state index in [-0.39, 0.29) is 12.2 Å². The molecule has 19 heavy (non-hydrogen) atoms. The fourth-order valence-corrected chi connectivity index (χ4v) is 3.69. The molecule has 0 aromatic carbocycles. The quantitative estimate of drug-likeness (QED) is 0.800. The summed E-state index contributed by atoms with van der Waals surface area (Å²) in [6.07, 6.45) is 6.57. The first-order valence-corrected chi connectivity index (χ1v) is 7.63. The number of hydrogen-bond acceptors (Lipinski definition) is 3. The van der Waals surface area contributed by atoms with E-state index in [0.29, 0.717) is 6.54 Å². The number of carbonyl (C=O) groups is 1. The Labute approximate surface area is 116 Å². The number of hydrogen-bond donors (Lipinski definition) is 1. The van der Waals surface area contributed by atoms with Gasteiger partial charge in [-0.15, -0.1) is 0 Å². The van der Waals surface area contributed by atoms with E-state index < -0.39 is 11.4 Å². The van der Waals surface area contributed by atoms with Crippen LogP contribution in [0.2, 0.25) is 0 Å². The van der Waals surface area contributed by atoms with E-state index >= 15 is 0 Å². The molecule has 0 amide bonds. The van der Waals surface area contributed by atoms with E-state index in [1.807, 2.05) is 0 Å². The molecule has 0 aromatic heterocycles. The Morgan fingerprint density at radius 1 is 1.16 bits per heavy atom. The molecule has 1 aliphatic carbocycles. The van der Waals surface area contributed by atoms with Crippen LogP contribution in [0.4, 0.5) is 0 Å². The molecule has 1 heterocycles. The summed E-state index contributed by atoms with van der Waals surface area (Å²) in [5.41, 5.74) is -0.521. The summed E-state index contributed by atoms with van der Waals surface area (Å²) >= 11 is 0. The summed E-state index contributed by atoms with van der Waals surface area (Å²) in [5.74, 6) is -0.596. The van der Waals surface area contributed by atoms with E-state index in [1.165, 1.54) is 12.8 Å². The Morgan fingerprint density at radius 3 is 2.16 bits per heavy atom. The van der Waals surface area contributed by atoms with Gasteiger partial charge in [-0.05, 0) is 26.7 Å². The molecule has 2 rings (SSSR count). The van der Waals surface area contributed by atoms with Gasteiger partial charge in [-0.3, -0.25) is 9.69 Å². The second-order valence-corrected chi connectivity index (χ2v) is 6.45. The number of ether oxygens (including phenoxy) is 1. The standard InChI is InChI=1S/C15H27NO3/c1-12-9-16(10-13(2)19-12)11-15(14(17)18)7-5-3-4-6-8-15/h12-13H,3-11H2,1-2H3,(H,17,18). The zero-order valence-electron chi connectivity index (χ0n) is 12.2. The highest BCUT2D eigenvalue weighted by atomic mass is 16.5. The number of rotatable bonds is 3. The van der Waals surface area contributed by atoms with Crippen LogP contribution < -0.4 is 0 Å². The van der Waals surface area contributed by atoms with Crippen molar-refractivity contribution in [2.75, 3.05) is 19.6 Å². The van der Waals surface area contributed by atoms with Crippen LogP contribution in [-0.2, 0) is 9.53 Å². The van der Waals surface area contributed by atoms with Crippen molar-refractivity contribution in [2.24, 2.45) is 5.41 Å². The zero-order valence-corrected chi connectivity index (χ0v) is 12.2. The second-order valence-electron chi connectivity index (χ2n) is 6.45. The first-order chi connectivity index (χ1) is 9.02. The smallest absolute Gasteiger partial charge is 0.310 e. The molecule has 4 nitrogen and oxygen atoms in total. The van der Waals surface area contributed by atoms with Gasteiger partial charge in [0, 0.05) is 19.6 Å². The molecule has 4 heteroatoms. The summed E-state index contributed by atoms with van der Waals surface area (Å²) in [4.78, 5) is 14.1. The predicted octanol–water partition coefficient (Wildman–Crippen LogP) is 2.52. The van der Waals surface area contributed by atoms with Crippen molar-refractivity contribution in [1.82, 2.24) is 4.90 Å². The van der Waals surface area contributed by atoms with Crippen LogP contribution in [-0.4, -0.2) is 47.8 Å². The van der Waals surface area contributed by atoms with Crippen molar-refractivity contribution < 1.29 is 14.6 Å². The Kier molecular flexibility index (Phi) is 4.85. The van der Waals surface area contributed by atoms with E-state index in [0.717, 1.165) is 38.8 Å². The maximum Gasteiger partial charge on any atom is 0.310 e. The number of aliphatic carboxylic acids is 1. The molecule has 1 saturated heterocycles. The predicted molar refractivity (Wildman–Crippen MR) is 74.2 cm³/mol. The van der Waals surface area contributed by atoms with Gasteiger partial charge in [0.1, 0.15) is 0 Å². The van der Waals surface area contributed by atoms with Crippen LogP contribution in [0.3, 0.4) is 0 Å². The van der Waals surface area contributed by atoms with Crippen molar-refractivity contribution in [3.63, 3.8) is 0 Å². The Morgan fingerprint density at radius 2 is 1.68 bits per heavy atom. The van der Waals surface area contributed by atoms with Crippen LogP contribution >= 0.6 is 0 Å². The van der Waals surface area contributed by atoms with E-state index in [9.17, 15) is 9.90 Å². The highest BCUT2D eigenvalue weighted by Gasteiger charge is 2.41. The van der Waals surface area contributed by atoms with Gasteiger partial charge in [-0.1, -0.05) is 25.7 Å². The largest absolute Gasteiger partial charge is 0.481 e. The third kappa shape index (κ3) is 3.69.